The van der Waals surface area contributed by atoms with Gasteiger partial charge in [-0.1, -0.05) is 54.2 Å². The molecule has 0 saturated carbocycles. The van der Waals surface area contributed by atoms with Crippen LogP contribution in [-0.4, -0.2) is 29.6 Å². The monoisotopic (exact) mass is 390 g/mol. The van der Waals surface area contributed by atoms with Gasteiger partial charge in [-0.25, -0.2) is 12.7 Å². The number of anilines is 1. The number of sulfonamides is 1. The Labute approximate surface area is 159 Å². The van der Waals surface area contributed by atoms with Gasteiger partial charge in [-0.15, -0.1) is 0 Å². The van der Waals surface area contributed by atoms with E-state index in [9.17, 15) is 13.5 Å². The van der Waals surface area contributed by atoms with Crippen molar-refractivity contribution in [3.8, 4) is 0 Å². The highest BCUT2D eigenvalue weighted by molar-refractivity contribution is 8.04. The molecule has 1 unspecified atom stereocenters. The van der Waals surface area contributed by atoms with Crippen molar-refractivity contribution in [2.45, 2.75) is 25.6 Å². The maximum atomic E-state index is 12.3. The number of nitrogens with zero attached hydrogens (tertiary/aromatic N) is 2. The number of allylic oxidation sites excluding steroid dienone is 1. The van der Waals surface area contributed by atoms with E-state index >= 15 is 0 Å². The molecule has 0 fully saturated rings. The molecule has 3 rings (SSSR count). The van der Waals surface area contributed by atoms with E-state index in [1.807, 2.05) is 61.5 Å². The van der Waals surface area contributed by atoms with Gasteiger partial charge in [-0.3, -0.25) is 0 Å². The Balaban J connectivity index is 1.99. The quantitative estimate of drug-likeness (QED) is 0.820. The summed E-state index contributed by atoms with van der Waals surface area (Å²) in [6.07, 6.45) is 2.91. The molecule has 0 amide bonds. The molecule has 2 aromatic rings. The number of hydrogen-bond acceptors (Lipinski definition) is 5. The number of aliphatic hydroxyl groups excluding tert-OH is 1. The molecule has 0 spiro atoms. The highest BCUT2D eigenvalue weighted by Crippen LogP contribution is 2.39. The largest absolute Gasteiger partial charge is 0.392 e. The summed E-state index contributed by atoms with van der Waals surface area (Å²) in [6.45, 7) is 2.47. The second kappa shape index (κ2) is 7.73. The van der Waals surface area contributed by atoms with Gasteiger partial charge in [0.1, 0.15) is 0 Å². The van der Waals surface area contributed by atoms with E-state index in [0.29, 0.717) is 6.54 Å². The molecule has 5 nitrogen and oxygen atoms in total. The number of thioether (sulfide) groups is 1. The van der Waals surface area contributed by atoms with Gasteiger partial charge in [0.05, 0.1) is 12.9 Å². The van der Waals surface area contributed by atoms with Gasteiger partial charge in [0, 0.05) is 23.3 Å². The van der Waals surface area contributed by atoms with Gasteiger partial charge >= 0.3 is 0 Å². The minimum atomic E-state index is -3.39. The lowest BCUT2D eigenvalue weighted by Crippen LogP contribution is -2.44. The van der Waals surface area contributed by atoms with E-state index in [4.69, 9.17) is 0 Å². The van der Waals surface area contributed by atoms with E-state index in [1.54, 1.807) is 6.20 Å². The molecule has 1 atom stereocenters. The van der Waals surface area contributed by atoms with Crippen molar-refractivity contribution in [3.63, 3.8) is 0 Å². The first-order valence-electron chi connectivity index (χ1n) is 8.22. The van der Waals surface area contributed by atoms with Gasteiger partial charge in [0.25, 0.3) is 0 Å². The maximum absolute atomic E-state index is 12.3. The number of rotatable bonds is 6. The molecular formula is C19H22N2O3S2. The SMILES string of the molecule is CC1=CN(S(C)(=O)=O)C(N(Cc2ccccc2)c2ccc(CO)cc2)S1. The predicted octanol–water partition coefficient (Wildman–Crippen LogP) is 3.34. The van der Waals surface area contributed by atoms with E-state index in [-0.39, 0.29) is 12.1 Å². The molecule has 26 heavy (non-hydrogen) atoms. The van der Waals surface area contributed by atoms with Crippen LogP contribution >= 0.6 is 11.8 Å². The number of benzene rings is 2. The molecule has 0 aromatic heterocycles. The minimum absolute atomic E-state index is 0.0206. The third-order valence-electron chi connectivity index (χ3n) is 4.11. The van der Waals surface area contributed by atoms with Crippen LogP contribution in [0.4, 0.5) is 5.69 Å². The average molecular weight is 391 g/mol. The summed E-state index contributed by atoms with van der Waals surface area (Å²) in [5.74, 6) is 0. The average Bonchev–Trinajstić information content (AvgIpc) is 3.03. The number of hydrogen-bond donors (Lipinski definition) is 1. The molecule has 7 heteroatoms. The number of aliphatic hydroxyl groups is 1. The first-order chi connectivity index (χ1) is 12.4. The van der Waals surface area contributed by atoms with Crippen LogP contribution in [0.2, 0.25) is 0 Å². The lowest BCUT2D eigenvalue weighted by molar-refractivity contribution is 0.282. The Bertz CT molecular complexity index is 881. The van der Waals surface area contributed by atoms with Crippen LogP contribution in [0.3, 0.4) is 0 Å². The third-order valence-corrected chi connectivity index (χ3v) is 6.49. The fraction of sp³-hybridized carbons (Fsp3) is 0.263. The van der Waals surface area contributed by atoms with Crippen molar-refractivity contribution in [2.75, 3.05) is 11.2 Å². The van der Waals surface area contributed by atoms with Crippen molar-refractivity contribution >= 4 is 27.5 Å². The summed E-state index contributed by atoms with van der Waals surface area (Å²) in [7, 11) is -3.39. The highest BCUT2D eigenvalue weighted by atomic mass is 32.2. The Hall–Kier alpha value is -1.96. The molecule has 0 saturated heterocycles. The Morgan fingerprint density at radius 3 is 2.31 bits per heavy atom. The van der Waals surface area contributed by atoms with Crippen molar-refractivity contribution in [3.05, 3.63) is 76.8 Å². The highest BCUT2D eigenvalue weighted by Gasteiger charge is 2.35. The summed E-state index contributed by atoms with van der Waals surface area (Å²) in [5, 5.41) is 9.28. The van der Waals surface area contributed by atoms with E-state index in [0.717, 1.165) is 21.7 Å². The van der Waals surface area contributed by atoms with Gasteiger partial charge in [-0.05, 0) is 30.2 Å². The zero-order chi connectivity index (χ0) is 18.7. The molecule has 0 bridgehead atoms. The lowest BCUT2D eigenvalue weighted by atomic mass is 10.1. The normalized spacial score (nSPS) is 17.3. The lowest BCUT2D eigenvalue weighted by Gasteiger charge is -2.35. The van der Waals surface area contributed by atoms with Crippen LogP contribution in [0.25, 0.3) is 0 Å². The standard InChI is InChI=1S/C19H22N2O3S2/c1-15-12-21(26(2,23)24)19(25-15)20(13-16-6-4-3-5-7-16)18-10-8-17(14-22)9-11-18/h3-12,19,22H,13-14H2,1-2H3. The summed E-state index contributed by atoms with van der Waals surface area (Å²) >= 11 is 1.52. The zero-order valence-electron chi connectivity index (χ0n) is 14.7. The van der Waals surface area contributed by atoms with Gasteiger partial charge < -0.3 is 10.0 Å². The van der Waals surface area contributed by atoms with E-state index in [1.165, 1.54) is 22.3 Å². The predicted molar refractivity (Wildman–Crippen MR) is 107 cm³/mol. The smallest absolute Gasteiger partial charge is 0.234 e. The maximum Gasteiger partial charge on any atom is 0.234 e. The molecule has 2 aromatic carbocycles. The van der Waals surface area contributed by atoms with Crippen LogP contribution in [0.5, 0.6) is 0 Å². The third kappa shape index (κ3) is 4.23. The Morgan fingerprint density at radius 2 is 1.73 bits per heavy atom. The van der Waals surface area contributed by atoms with Crippen LogP contribution in [0.1, 0.15) is 18.1 Å². The van der Waals surface area contributed by atoms with Gasteiger partial charge in [0.2, 0.25) is 10.0 Å². The van der Waals surface area contributed by atoms with Crippen molar-refractivity contribution in [2.24, 2.45) is 0 Å². The fourth-order valence-corrected chi connectivity index (χ4v) is 5.27. The van der Waals surface area contributed by atoms with Crippen LogP contribution in [-0.2, 0) is 23.2 Å². The zero-order valence-corrected chi connectivity index (χ0v) is 16.4. The van der Waals surface area contributed by atoms with Gasteiger partial charge in [0.15, 0.2) is 5.50 Å². The second-order valence-corrected chi connectivity index (χ2v) is 9.40. The summed E-state index contributed by atoms with van der Waals surface area (Å²) in [6, 6.07) is 17.5. The van der Waals surface area contributed by atoms with E-state index in [2.05, 4.69) is 4.90 Å². The molecule has 1 heterocycles. The molecule has 1 aliphatic heterocycles. The summed E-state index contributed by atoms with van der Waals surface area (Å²) < 4.78 is 26.0. The van der Waals surface area contributed by atoms with Crippen LogP contribution < -0.4 is 4.90 Å². The van der Waals surface area contributed by atoms with Crippen molar-refractivity contribution < 1.29 is 13.5 Å². The summed E-state index contributed by atoms with van der Waals surface area (Å²) in [5.41, 5.74) is 2.43. The minimum Gasteiger partial charge on any atom is -0.392 e. The Kier molecular flexibility index (Phi) is 5.60. The van der Waals surface area contributed by atoms with Crippen molar-refractivity contribution in [1.82, 2.24) is 4.31 Å². The van der Waals surface area contributed by atoms with E-state index < -0.39 is 10.0 Å². The molecule has 1 N–H and O–H groups in total. The molecule has 0 aliphatic carbocycles. The van der Waals surface area contributed by atoms with Gasteiger partial charge in [-0.2, -0.15) is 0 Å². The molecule has 0 radical (unpaired) electrons. The van der Waals surface area contributed by atoms with Crippen LogP contribution in [0, 0.1) is 0 Å². The fourth-order valence-electron chi connectivity index (χ4n) is 2.82. The molecule has 1 aliphatic rings. The Morgan fingerprint density at radius 1 is 1.08 bits per heavy atom. The first-order valence-corrected chi connectivity index (χ1v) is 11.0. The second-order valence-electron chi connectivity index (χ2n) is 6.21. The molecule has 138 valence electrons. The summed E-state index contributed by atoms with van der Waals surface area (Å²) in [4.78, 5) is 3.01. The first kappa shape index (κ1) is 18.8. The van der Waals surface area contributed by atoms with Crippen molar-refractivity contribution in [1.29, 1.82) is 0 Å². The van der Waals surface area contributed by atoms with Crippen LogP contribution in [0.15, 0.2) is 65.7 Å². The molecular weight excluding hydrogens is 368 g/mol. The topological polar surface area (TPSA) is 60.9 Å².